The molecule has 2 unspecified atom stereocenters. The van der Waals surface area contributed by atoms with Gasteiger partial charge in [0, 0.05) is 11.4 Å². The molecule has 18 heavy (non-hydrogen) atoms. The molecule has 1 rings (SSSR count). The number of hydrogen-bond donors (Lipinski definition) is 2. The summed E-state index contributed by atoms with van der Waals surface area (Å²) in [4.78, 5) is 17.7. The minimum Gasteiger partial charge on any atom is -0.348 e. The van der Waals surface area contributed by atoms with Gasteiger partial charge < -0.3 is 11.1 Å². The van der Waals surface area contributed by atoms with Crippen molar-refractivity contribution < 1.29 is 4.79 Å². The number of aromatic nitrogens is 1. The van der Waals surface area contributed by atoms with Crippen LogP contribution in [0.2, 0.25) is 0 Å². The first-order valence-electron chi connectivity index (χ1n) is 6.29. The zero-order valence-electron chi connectivity index (χ0n) is 11.8. The zero-order chi connectivity index (χ0) is 13.9. The molecule has 0 aliphatic heterocycles. The third-order valence-corrected chi connectivity index (χ3v) is 4.71. The van der Waals surface area contributed by atoms with Crippen LogP contribution in [0.5, 0.6) is 0 Å². The van der Waals surface area contributed by atoms with Gasteiger partial charge in [-0.15, -0.1) is 11.3 Å². The van der Waals surface area contributed by atoms with Crippen LogP contribution in [0.25, 0.3) is 0 Å². The quantitative estimate of drug-likeness (QED) is 0.862. The van der Waals surface area contributed by atoms with Gasteiger partial charge in [-0.25, -0.2) is 4.98 Å². The number of nitrogens with two attached hydrogens (primary N) is 1. The van der Waals surface area contributed by atoms with E-state index in [1.54, 1.807) is 11.3 Å². The van der Waals surface area contributed by atoms with E-state index in [4.69, 9.17) is 5.73 Å². The lowest BCUT2D eigenvalue weighted by molar-refractivity contribution is -0.130. The van der Waals surface area contributed by atoms with E-state index >= 15 is 0 Å². The topological polar surface area (TPSA) is 68.0 Å². The highest BCUT2D eigenvalue weighted by Gasteiger charge is 2.31. The molecule has 0 bridgehead atoms. The summed E-state index contributed by atoms with van der Waals surface area (Å²) in [6.45, 7) is 10.2. The number of nitrogens with zero attached hydrogens (tertiary/aromatic N) is 1. The second-order valence-corrected chi connectivity index (χ2v) is 6.23. The maximum atomic E-state index is 12.2. The molecular weight excluding hydrogens is 246 g/mol. The Hall–Kier alpha value is -0.940. The van der Waals surface area contributed by atoms with Crippen molar-refractivity contribution in [2.45, 2.75) is 47.1 Å². The van der Waals surface area contributed by atoms with Crippen molar-refractivity contribution in [3.8, 4) is 0 Å². The Balaban J connectivity index is 2.79. The molecule has 5 heteroatoms. The molecule has 0 fully saturated rings. The molecule has 0 saturated heterocycles. The third-order valence-electron chi connectivity index (χ3n) is 3.46. The molecule has 1 aromatic rings. The molecule has 4 nitrogen and oxygen atoms in total. The number of rotatable bonds is 5. The predicted molar refractivity (Wildman–Crippen MR) is 75.6 cm³/mol. The molecule has 1 aromatic heterocycles. The minimum atomic E-state index is -0.484. The van der Waals surface area contributed by atoms with Gasteiger partial charge in [-0.2, -0.15) is 0 Å². The fourth-order valence-electron chi connectivity index (χ4n) is 1.78. The summed E-state index contributed by atoms with van der Waals surface area (Å²) in [7, 11) is 0. The van der Waals surface area contributed by atoms with Gasteiger partial charge in [0.2, 0.25) is 5.91 Å². The SMILES string of the molecule is CCC(C)(CN)C(=O)NC(C)c1sc(C)nc1C. The van der Waals surface area contributed by atoms with Crippen molar-refractivity contribution >= 4 is 17.2 Å². The highest BCUT2D eigenvalue weighted by molar-refractivity contribution is 7.11. The number of aryl methyl sites for hydroxylation is 2. The predicted octanol–water partition coefficient (Wildman–Crippen LogP) is 2.31. The van der Waals surface area contributed by atoms with Crippen LogP contribution in [0.15, 0.2) is 0 Å². The molecule has 0 radical (unpaired) electrons. The van der Waals surface area contributed by atoms with Gasteiger partial charge in [-0.3, -0.25) is 4.79 Å². The lowest BCUT2D eigenvalue weighted by Gasteiger charge is -2.27. The minimum absolute atomic E-state index is 0.0128. The highest BCUT2D eigenvalue weighted by atomic mass is 32.1. The van der Waals surface area contributed by atoms with Crippen molar-refractivity contribution in [3.05, 3.63) is 15.6 Å². The number of carbonyl (C=O) groups is 1. The fraction of sp³-hybridized carbons (Fsp3) is 0.692. The second kappa shape index (κ2) is 5.80. The molecule has 0 aliphatic rings. The molecule has 2 atom stereocenters. The van der Waals surface area contributed by atoms with E-state index in [0.717, 1.165) is 22.0 Å². The van der Waals surface area contributed by atoms with Gasteiger partial charge in [-0.05, 0) is 34.1 Å². The van der Waals surface area contributed by atoms with Crippen molar-refractivity contribution in [1.29, 1.82) is 0 Å². The van der Waals surface area contributed by atoms with Crippen LogP contribution in [-0.2, 0) is 4.79 Å². The van der Waals surface area contributed by atoms with Crippen molar-refractivity contribution in [2.75, 3.05) is 6.54 Å². The Bertz CT molecular complexity index is 424. The molecule has 3 N–H and O–H groups in total. The number of nitrogens with one attached hydrogen (secondary N) is 1. The van der Waals surface area contributed by atoms with Crippen molar-refractivity contribution in [1.82, 2.24) is 10.3 Å². The molecule has 0 saturated carbocycles. The van der Waals surface area contributed by atoms with E-state index in [9.17, 15) is 4.79 Å². The van der Waals surface area contributed by atoms with Crippen LogP contribution in [0.3, 0.4) is 0 Å². The van der Waals surface area contributed by atoms with Gasteiger partial charge in [0.1, 0.15) is 0 Å². The molecule has 1 amide bonds. The van der Waals surface area contributed by atoms with Crippen LogP contribution in [0.1, 0.15) is 48.8 Å². The maximum Gasteiger partial charge on any atom is 0.227 e. The summed E-state index contributed by atoms with van der Waals surface area (Å²) >= 11 is 1.63. The average Bonchev–Trinajstić information content (AvgIpc) is 2.67. The molecule has 1 heterocycles. The highest BCUT2D eigenvalue weighted by Crippen LogP contribution is 2.26. The van der Waals surface area contributed by atoms with Crippen LogP contribution in [0.4, 0.5) is 0 Å². The summed E-state index contributed by atoms with van der Waals surface area (Å²) < 4.78 is 0. The summed E-state index contributed by atoms with van der Waals surface area (Å²) in [5, 5.41) is 4.07. The first-order valence-corrected chi connectivity index (χ1v) is 7.10. The third kappa shape index (κ3) is 3.09. The standard InChI is InChI=1S/C13H23N3OS/c1-6-13(5,7-14)12(17)16-9(3)11-8(2)15-10(4)18-11/h9H,6-7,14H2,1-5H3,(H,16,17). The van der Waals surface area contributed by atoms with Crippen LogP contribution < -0.4 is 11.1 Å². The molecule has 102 valence electrons. The summed E-state index contributed by atoms with van der Waals surface area (Å²) in [5.74, 6) is 0.0189. The van der Waals surface area contributed by atoms with E-state index < -0.39 is 5.41 Å². The van der Waals surface area contributed by atoms with Crippen molar-refractivity contribution in [3.63, 3.8) is 0 Å². The smallest absolute Gasteiger partial charge is 0.227 e. The normalized spacial score (nSPS) is 16.1. The van der Waals surface area contributed by atoms with Crippen molar-refractivity contribution in [2.24, 2.45) is 11.1 Å². The molecule has 0 aliphatic carbocycles. The first kappa shape index (κ1) is 15.1. The van der Waals surface area contributed by atoms with E-state index in [0.29, 0.717) is 6.54 Å². The number of carbonyl (C=O) groups excluding carboxylic acids is 1. The monoisotopic (exact) mass is 269 g/mol. The molecule has 0 aromatic carbocycles. The Morgan fingerprint density at radius 3 is 2.56 bits per heavy atom. The fourth-order valence-corrected chi connectivity index (χ4v) is 2.71. The maximum absolute atomic E-state index is 12.2. The van der Waals surface area contributed by atoms with Gasteiger partial charge in [0.05, 0.1) is 22.2 Å². The van der Waals surface area contributed by atoms with Crippen LogP contribution in [0, 0.1) is 19.3 Å². The summed E-state index contributed by atoms with van der Waals surface area (Å²) in [6, 6.07) is -0.0128. The Labute approximate surface area is 113 Å². The van der Waals surface area contributed by atoms with Gasteiger partial charge in [0.25, 0.3) is 0 Å². The van der Waals surface area contributed by atoms with Crippen LogP contribution >= 0.6 is 11.3 Å². The van der Waals surface area contributed by atoms with E-state index in [1.807, 2.05) is 34.6 Å². The van der Waals surface area contributed by atoms with Gasteiger partial charge >= 0.3 is 0 Å². The first-order chi connectivity index (χ1) is 8.34. The Kier molecular flexibility index (Phi) is 4.87. The largest absolute Gasteiger partial charge is 0.348 e. The zero-order valence-corrected chi connectivity index (χ0v) is 12.6. The van der Waals surface area contributed by atoms with E-state index in [1.165, 1.54) is 0 Å². The molecular formula is C13H23N3OS. The van der Waals surface area contributed by atoms with Gasteiger partial charge in [0.15, 0.2) is 0 Å². The Morgan fingerprint density at radius 1 is 1.56 bits per heavy atom. The van der Waals surface area contributed by atoms with Gasteiger partial charge in [-0.1, -0.05) is 6.92 Å². The Morgan fingerprint density at radius 2 is 2.17 bits per heavy atom. The average molecular weight is 269 g/mol. The van der Waals surface area contributed by atoms with Crippen LogP contribution in [-0.4, -0.2) is 17.4 Å². The van der Waals surface area contributed by atoms with E-state index in [2.05, 4.69) is 10.3 Å². The number of hydrogen-bond acceptors (Lipinski definition) is 4. The number of thiazole rings is 1. The summed E-state index contributed by atoms with van der Waals surface area (Å²) in [6.07, 6.45) is 0.739. The van der Waals surface area contributed by atoms with E-state index in [-0.39, 0.29) is 11.9 Å². The number of amides is 1. The molecule has 0 spiro atoms. The second-order valence-electron chi connectivity index (χ2n) is 5.00. The summed E-state index contributed by atoms with van der Waals surface area (Å²) in [5.41, 5.74) is 6.21. The lowest BCUT2D eigenvalue weighted by atomic mass is 9.86. The lowest BCUT2D eigenvalue weighted by Crippen LogP contribution is -2.44.